The molecule has 0 saturated heterocycles. The quantitative estimate of drug-likeness (QED) is 0.863. The van der Waals surface area contributed by atoms with E-state index in [0.717, 1.165) is 12.1 Å². The van der Waals surface area contributed by atoms with Gasteiger partial charge in [-0.05, 0) is 49.7 Å². The van der Waals surface area contributed by atoms with E-state index in [1.807, 2.05) is 0 Å². The highest BCUT2D eigenvalue weighted by molar-refractivity contribution is 7.89. The topological polar surface area (TPSA) is 86.5 Å². The summed E-state index contributed by atoms with van der Waals surface area (Å²) in [7, 11) is -4.05. The van der Waals surface area contributed by atoms with Crippen LogP contribution in [0.4, 0.5) is 4.39 Å². The maximum absolute atomic E-state index is 14.6. The van der Waals surface area contributed by atoms with Crippen LogP contribution < -0.4 is 5.14 Å². The van der Waals surface area contributed by atoms with Gasteiger partial charge in [-0.15, -0.1) is 0 Å². The van der Waals surface area contributed by atoms with Crippen molar-refractivity contribution in [1.29, 1.82) is 0 Å². The van der Waals surface area contributed by atoms with Crippen molar-refractivity contribution in [2.75, 3.05) is 0 Å². The molecule has 136 valence electrons. The SMILES string of the molecule is CC1(C)OC(c2ccc(S(N)(=O)=O)cc2F)=C(c2cccc(Cl)c2)C1=O. The molecule has 0 radical (unpaired) electrons. The van der Waals surface area contributed by atoms with Crippen LogP contribution in [0.5, 0.6) is 0 Å². The zero-order valence-corrected chi connectivity index (χ0v) is 15.5. The zero-order valence-electron chi connectivity index (χ0n) is 13.9. The molecule has 0 saturated carbocycles. The van der Waals surface area contributed by atoms with Gasteiger partial charge < -0.3 is 4.74 Å². The number of ether oxygens (including phenoxy) is 1. The summed E-state index contributed by atoms with van der Waals surface area (Å²) in [5.41, 5.74) is -0.568. The Morgan fingerprint density at radius 2 is 1.85 bits per heavy atom. The van der Waals surface area contributed by atoms with Crippen molar-refractivity contribution in [2.45, 2.75) is 24.3 Å². The Hall–Kier alpha value is -2.22. The molecule has 0 amide bonds. The molecule has 1 aliphatic heterocycles. The highest BCUT2D eigenvalue weighted by atomic mass is 35.5. The van der Waals surface area contributed by atoms with Crippen molar-refractivity contribution in [3.8, 4) is 0 Å². The molecule has 3 rings (SSSR count). The third kappa shape index (κ3) is 3.25. The zero-order chi connectivity index (χ0) is 19.3. The van der Waals surface area contributed by atoms with Crippen molar-refractivity contribution in [2.24, 2.45) is 5.14 Å². The second kappa shape index (κ2) is 6.19. The number of rotatable bonds is 3. The summed E-state index contributed by atoms with van der Waals surface area (Å²) >= 11 is 6.01. The van der Waals surface area contributed by atoms with E-state index < -0.39 is 21.4 Å². The lowest BCUT2D eigenvalue weighted by atomic mass is 9.92. The number of carbonyl (C=O) groups excluding carboxylic acids is 1. The van der Waals surface area contributed by atoms with E-state index in [-0.39, 0.29) is 27.6 Å². The minimum atomic E-state index is -4.05. The van der Waals surface area contributed by atoms with Gasteiger partial charge in [0.05, 0.1) is 16.0 Å². The maximum Gasteiger partial charge on any atom is 0.238 e. The number of hydrogen-bond donors (Lipinski definition) is 1. The monoisotopic (exact) mass is 395 g/mol. The first-order valence-corrected chi connectivity index (χ1v) is 9.50. The minimum absolute atomic E-state index is 0.0285. The van der Waals surface area contributed by atoms with Crippen LogP contribution in [0.15, 0.2) is 47.4 Å². The molecule has 0 aromatic heterocycles. The first-order chi connectivity index (χ1) is 12.0. The Balaban J connectivity index is 2.24. The molecule has 0 bridgehead atoms. The van der Waals surface area contributed by atoms with Crippen LogP contribution in [0, 0.1) is 5.82 Å². The molecule has 8 heteroatoms. The molecule has 0 spiro atoms. The molecule has 2 aromatic carbocycles. The minimum Gasteiger partial charge on any atom is -0.478 e. The maximum atomic E-state index is 14.6. The summed E-state index contributed by atoms with van der Waals surface area (Å²) in [5.74, 6) is -1.16. The van der Waals surface area contributed by atoms with E-state index >= 15 is 0 Å². The molecule has 1 aliphatic rings. The van der Waals surface area contributed by atoms with Crippen molar-refractivity contribution in [3.63, 3.8) is 0 Å². The predicted octanol–water partition coefficient (Wildman–Crippen LogP) is 3.37. The van der Waals surface area contributed by atoms with Gasteiger partial charge >= 0.3 is 0 Å². The number of hydrogen-bond acceptors (Lipinski definition) is 4. The van der Waals surface area contributed by atoms with E-state index in [1.165, 1.54) is 6.07 Å². The van der Waals surface area contributed by atoms with Gasteiger partial charge in [-0.2, -0.15) is 0 Å². The Bertz CT molecular complexity index is 1060. The summed E-state index contributed by atoms with van der Waals surface area (Å²) in [6.07, 6.45) is 0. The van der Waals surface area contributed by atoms with Crippen LogP contribution in [0.3, 0.4) is 0 Å². The number of benzene rings is 2. The average Bonchev–Trinajstić information content (AvgIpc) is 2.76. The number of Topliss-reactive ketones (excluding diaryl/α,β-unsaturated/α-hetero) is 1. The van der Waals surface area contributed by atoms with Crippen molar-refractivity contribution >= 4 is 38.7 Å². The van der Waals surface area contributed by atoms with Crippen molar-refractivity contribution in [3.05, 3.63) is 64.4 Å². The molecule has 0 fully saturated rings. The third-order valence-electron chi connectivity index (χ3n) is 3.99. The highest BCUT2D eigenvalue weighted by Crippen LogP contribution is 2.42. The van der Waals surface area contributed by atoms with Gasteiger partial charge in [0.1, 0.15) is 11.6 Å². The van der Waals surface area contributed by atoms with E-state index in [2.05, 4.69) is 0 Å². The van der Waals surface area contributed by atoms with Crippen LogP contribution in [0.25, 0.3) is 11.3 Å². The molecule has 0 unspecified atom stereocenters. The van der Waals surface area contributed by atoms with E-state index in [9.17, 15) is 17.6 Å². The summed E-state index contributed by atoms with van der Waals surface area (Å²) in [6, 6.07) is 9.75. The summed E-state index contributed by atoms with van der Waals surface area (Å²) in [4.78, 5) is 12.4. The van der Waals surface area contributed by atoms with E-state index in [0.29, 0.717) is 10.6 Å². The fraction of sp³-hybridized carbons (Fsp3) is 0.167. The first-order valence-electron chi connectivity index (χ1n) is 7.57. The number of nitrogens with two attached hydrogens (primary N) is 1. The van der Waals surface area contributed by atoms with Gasteiger partial charge in [0.15, 0.2) is 5.60 Å². The second-order valence-electron chi connectivity index (χ2n) is 6.34. The van der Waals surface area contributed by atoms with Crippen LogP contribution in [0.1, 0.15) is 25.0 Å². The van der Waals surface area contributed by atoms with E-state index in [1.54, 1.807) is 38.1 Å². The Morgan fingerprint density at radius 3 is 2.42 bits per heavy atom. The Morgan fingerprint density at radius 1 is 1.15 bits per heavy atom. The van der Waals surface area contributed by atoms with Gasteiger partial charge in [-0.1, -0.05) is 23.7 Å². The molecule has 2 aromatic rings. The van der Waals surface area contributed by atoms with Crippen molar-refractivity contribution in [1.82, 2.24) is 0 Å². The van der Waals surface area contributed by atoms with Gasteiger partial charge in [-0.3, -0.25) is 4.79 Å². The van der Waals surface area contributed by atoms with Crippen LogP contribution in [-0.4, -0.2) is 19.8 Å². The predicted molar refractivity (Wildman–Crippen MR) is 96.2 cm³/mol. The van der Waals surface area contributed by atoms with Crippen LogP contribution in [0.2, 0.25) is 5.02 Å². The van der Waals surface area contributed by atoms with E-state index in [4.69, 9.17) is 21.5 Å². The number of primary sulfonamides is 1. The number of ketones is 1. The summed E-state index contributed by atoms with van der Waals surface area (Å²) < 4.78 is 43.1. The van der Waals surface area contributed by atoms with Gasteiger partial charge in [0, 0.05) is 5.02 Å². The lowest BCUT2D eigenvalue weighted by Gasteiger charge is -2.18. The molecule has 0 aliphatic carbocycles. The molecular formula is C18H15ClFNO4S. The Labute approximate surface area is 155 Å². The standard InChI is InChI=1S/C18H15ClFNO4S/c1-18(2)17(22)15(10-4-3-5-11(19)8-10)16(25-18)13-7-6-12(9-14(13)20)26(21,23)24/h3-9H,1-2H3,(H2,21,23,24). The van der Waals surface area contributed by atoms with Crippen molar-refractivity contribution < 1.29 is 22.3 Å². The fourth-order valence-corrected chi connectivity index (χ4v) is 3.43. The smallest absolute Gasteiger partial charge is 0.238 e. The summed E-state index contributed by atoms with van der Waals surface area (Å²) in [5, 5.41) is 5.44. The Kier molecular flexibility index (Phi) is 4.42. The van der Waals surface area contributed by atoms with Gasteiger partial charge in [0.25, 0.3) is 0 Å². The molecule has 0 atom stereocenters. The first kappa shape index (κ1) is 18.6. The lowest BCUT2D eigenvalue weighted by molar-refractivity contribution is -0.125. The second-order valence-corrected chi connectivity index (χ2v) is 8.34. The molecular weight excluding hydrogens is 381 g/mol. The largest absolute Gasteiger partial charge is 0.478 e. The fourth-order valence-electron chi connectivity index (χ4n) is 2.71. The van der Waals surface area contributed by atoms with Gasteiger partial charge in [-0.25, -0.2) is 17.9 Å². The molecule has 5 nitrogen and oxygen atoms in total. The lowest BCUT2D eigenvalue weighted by Crippen LogP contribution is -2.29. The van der Waals surface area contributed by atoms with Crippen LogP contribution >= 0.6 is 11.6 Å². The third-order valence-corrected chi connectivity index (χ3v) is 5.13. The summed E-state index contributed by atoms with van der Waals surface area (Å²) in [6.45, 7) is 3.15. The number of sulfonamides is 1. The molecule has 26 heavy (non-hydrogen) atoms. The average molecular weight is 396 g/mol. The normalized spacial score (nSPS) is 16.7. The molecule has 1 heterocycles. The number of carbonyl (C=O) groups is 1. The van der Waals surface area contributed by atoms with Crippen LogP contribution in [-0.2, 0) is 19.6 Å². The number of halogens is 2. The van der Waals surface area contributed by atoms with Gasteiger partial charge in [0.2, 0.25) is 15.8 Å². The molecule has 2 N–H and O–H groups in total. The highest BCUT2D eigenvalue weighted by Gasteiger charge is 2.43.